The summed E-state index contributed by atoms with van der Waals surface area (Å²) in [6.07, 6.45) is 1.49. The molecule has 8 nitrogen and oxygen atoms in total. The first-order valence-electron chi connectivity index (χ1n) is 10.2. The molecule has 0 fully saturated rings. The Morgan fingerprint density at radius 2 is 1.72 bits per heavy atom. The van der Waals surface area contributed by atoms with Gasteiger partial charge >= 0.3 is 5.69 Å². The second-order valence-corrected chi connectivity index (χ2v) is 7.09. The Balaban J connectivity index is 1.73. The molecule has 2 heterocycles. The van der Waals surface area contributed by atoms with E-state index in [1.807, 2.05) is 43.3 Å². The van der Waals surface area contributed by atoms with Crippen LogP contribution in [0.25, 0.3) is 11.0 Å². The third-order valence-corrected chi connectivity index (χ3v) is 4.93. The number of fused-ring (bicyclic) bond motifs is 1. The van der Waals surface area contributed by atoms with Crippen molar-refractivity contribution in [2.24, 2.45) is 0 Å². The van der Waals surface area contributed by atoms with Gasteiger partial charge in [-0.15, -0.1) is 0 Å². The number of ether oxygens (including phenoxy) is 1. The third kappa shape index (κ3) is 4.29. The van der Waals surface area contributed by atoms with Crippen molar-refractivity contribution in [1.82, 2.24) is 14.1 Å². The first kappa shape index (κ1) is 21.0. The van der Waals surface area contributed by atoms with E-state index >= 15 is 0 Å². The first-order valence-corrected chi connectivity index (χ1v) is 10.2. The summed E-state index contributed by atoms with van der Waals surface area (Å²) in [7, 11) is 0. The Labute approximate surface area is 183 Å². The van der Waals surface area contributed by atoms with Gasteiger partial charge in [-0.05, 0) is 36.8 Å². The largest absolute Gasteiger partial charge is 0.492 e. The summed E-state index contributed by atoms with van der Waals surface area (Å²) in [5, 5.41) is 2.79. The lowest BCUT2D eigenvalue weighted by Crippen LogP contribution is -2.42. The molecule has 0 saturated heterocycles. The molecule has 0 spiro atoms. The average Bonchev–Trinajstić information content (AvgIpc) is 2.81. The fourth-order valence-electron chi connectivity index (χ4n) is 3.49. The van der Waals surface area contributed by atoms with Gasteiger partial charge in [-0.3, -0.25) is 18.7 Å². The van der Waals surface area contributed by atoms with Gasteiger partial charge in [0.05, 0.1) is 24.4 Å². The van der Waals surface area contributed by atoms with Crippen LogP contribution in [0.15, 0.2) is 82.5 Å². The van der Waals surface area contributed by atoms with Crippen molar-refractivity contribution in [2.75, 3.05) is 11.9 Å². The molecule has 0 bridgehead atoms. The zero-order valence-electron chi connectivity index (χ0n) is 17.5. The Bertz CT molecular complexity index is 1380. The van der Waals surface area contributed by atoms with Crippen LogP contribution < -0.4 is 21.3 Å². The second-order valence-electron chi connectivity index (χ2n) is 7.09. The normalized spacial score (nSPS) is 10.8. The molecule has 162 valence electrons. The summed E-state index contributed by atoms with van der Waals surface area (Å²) < 4.78 is 7.92. The highest BCUT2D eigenvalue weighted by molar-refractivity contribution is 5.92. The molecule has 0 saturated carbocycles. The molecule has 1 N–H and O–H groups in total. The fraction of sp³-hybridized carbons (Fsp3) is 0.167. The highest BCUT2D eigenvalue weighted by Crippen LogP contribution is 2.23. The minimum atomic E-state index is -0.576. The molecule has 32 heavy (non-hydrogen) atoms. The number of nitrogens with one attached hydrogen (secondary N) is 1. The zero-order chi connectivity index (χ0) is 22.5. The van der Waals surface area contributed by atoms with Gasteiger partial charge in [0.2, 0.25) is 5.91 Å². The molecular weight excluding hydrogens is 408 g/mol. The van der Waals surface area contributed by atoms with Crippen LogP contribution in [0.2, 0.25) is 0 Å². The predicted octanol–water partition coefficient (Wildman–Crippen LogP) is 2.64. The quantitative estimate of drug-likeness (QED) is 0.486. The number of anilines is 1. The van der Waals surface area contributed by atoms with Crippen LogP contribution in [0.3, 0.4) is 0 Å². The molecule has 4 rings (SSSR count). The average molecular weight is 430 g/mol. The van der Waals surface area contributed by atoms with Crippen molar-refractivity contribution < 1.29 is 9.53 Å². The molecule has 2 aromatic carbocycles. The number of hydrogen-bond donors (Lipinski definition) is 1. The molecule has 0 radical (unpaired) electrons. The standard InChI is InChI=1S/C24H22N4O4/c1-2-32-20-13-7-6-11-18(20)26-21(29)16-27-19-12-8-14-25-22(19)23(30)28(24(27)31)15-17-9-4-3-5-10-17/h3-14H,2,15-16H2,1H3,(H,26,29). The van der Waals surface area contributed by atoms with Crippen LogP contribution >= 0.6 is 0 Å². The van der Waals surface area contributed by atoms with Gasteiger partial charge in [0, 0.05) is 6.20 Å². The van der Waals surface area contributed by atoms with E-state index in [9.17, 15) is 14.4 Å². The summed E-state index contributed by atoms with van der Waals surface area (Å²) in [5.41, 5.74) is 0.669. The maximum absolute atomic E-state index is 13.3. The zero-order valence-corrected chi connectivity index (χ0v) is 17.5. The summed E-state index contributed by atoms with van der Waals surface area (Å²) >= 11 is 0. The van der Waals surface area contributed by atoms with Gasteiger partial charge in [-0.1, -0.05) is 42.5 Å². The van der Waals surface area contributed by atoms with Gasteiger partial charge in [0.15, 0.2) is 5.52 Å². The van der Waals surface area contributed by atoms with E-state index in [0.29, 0.717) is 23.6 Å². The van der Waals surface area contributed by atoms with Crippen molar-refractivity contribution in [3.05, 3.63) is 99.3 Å². The molecule has 4 aromatic rings. The van der Waals surface area contributed by atoms with E-state index in [1.165, 1.54) is 10.8 Å². The van der Waals surface area contributed by atoms with Gasteiger partial charge < -0.3 is 10.1 Å². The summed E-state index contributed by atoms with van der Waals surface area (Å²) in [6.45, 7) is 2.11. The number of benzene rings is 2. The minimum absolute atomic E-state index is 0.0831. The van der Waals surface area contributed by atoms with E-state index in [2.05, 4.69) is 10.3 Å². The number of para-hydroxylation sites is 2. The van der Waals surface area contributed by atoms with E-state index in [0.717, 1.165) is 10.1 Å². The molecule has 0 aliphatic carbocycles. The Kier molecular flexibility index (Phi) is 6.12. The van der Waals surface area contributed by atoms with Crippen molar-refractivity contribution in [3.8, 4) is 5.75 Å². The molecule has 0 aliphatic rings. The highest BCUT2D eigenvalue weighted by atomic mass is 16.5. The fourth-order valence-corrected chi connectivity index (χ4v) is 3.49. The highest BCUT2D eigenvalue weighted by Gasteiger charge is 2.17. The van der Waals surface area contributed by atoms with Crippen LogP contribution in [0.1, 0.15) is 12.5 Å². The smallest absolute Gasteiger partial charge is 0.332 e. The Morgan fingerprint density at radius 3 is 2.50 bits per heavy atom. The number of hydrogen-bond acceptors (Lipinski definition) is 5. The molecule has 0 unspecified atom stereocenters. The number of amides is 1. The third-order valence-electron chi connectivity index (χ3n) is 4.93. The SMILES string of the molecule is CCOc1ccccc1NC(=O)Cn1c(=O)n(Cc2ccccc2)c(=O)c2ncccc21. The van der Waals surface area contributed by atoms with Crippen molar-refractivity contribution >= 4 is 22.6 Å². The summed E-state index contributed by atoms with van der Waals surface area (Å²) in [6, 6.07) is 19.5. The van der Waals surface area contributed by atoms with Crippen molar-refractivity contribution in [2.45, 2.75) is 20.0 Å². The predicted molar refractivity (Wildman–Crippen MR) is 122 cm³/mol. The number of carbonyl (C=O) groups is 1. The van der Waals surface area contributed by atoms with Gasteiger partial charge in [0.25, 0.3) is 5.56 Å². The Morgan fingerprint density at radius 1 is 0.969 bits per heavy atom. The number of rotatable bonds is 7. The first-order chi connectivity index (χ1) is 15.6. The van der Waals surface area contributed by atoms with Crippen LogP contribution in [-0.2, 0) is 17.9 Å². The number of nitrogens with zero attached hydrogens (tertiary/aromatic N) is 3. The maximum Gasteiger partial charge on any atom is 0.332 e. The molecule has 0 atom stereocenters. The van der Waals surface area contributed by atoms with Gasteiger partial charge in [0.1, 0.15) is 12.3 Å². The lowest BCUT2D eigenvalue weighted by atomic mass is 10.2. The molecule has 8 heteroatoms. The Hall–Kier alpha value is -4.20. The van der Waals surface area contributed by atoms with Crippen molar-refractivity contribution in [1.29, 1.82) is 0 Å². The number of carbonyl (C=O) groups excluding carboxylic acids is 1. The van der Waals surface area contributed by atoms with Gasteiger partial charge in [-0.2, -0.15) is 0 Å². The topological polar surface area (TPSA) is 95.2 Å². The van der Waals surface area contributed by atoms with E-state index in [1.54, 1.807) is 30.3 Å². The van der Waals surface area contributed by atoms with Crippen LogP contribution in [0.5, 0.6) is 5.75 Å². The maximum atomic E-state index is 13.3. The lowest BCUT2D eigenvalue weighted by molar-refractivity contribution is -0.116. The van der Waals surface area contributed by atoms with Crippen LogP contribution in [0.4, 0.5) is 5.69 Å². The summed E-state index contributed by atoms with van der Waals surface area (Å²) in [5.74, 6) is 0.116. The molecular formula is C24H22N4O4. The summed E-state index contributed by atoms with van der Waals surface area (Å²) in [4.78, 5) is 43.3. The van der Waals surface area contributed by atoms with Crippen LogP contribution in [-0.4, -0.2) is 26.6 Å². The van der Waals surface area contributed by atoms with E-state index in [-0.39, 0.29) is 18.6 Å². The lowest BCUT2D eigenvalue weighted by Gasteiger charge is -2.15. The van der Waals surface area contributed by atoms with Gasteiger partial charge in [-0.25, -0.2) is 9.78 Å². The van der Waals surface area contributed by atoms with E-state index in [4.69, 9.17) is 4.74 Å². The van der Waals surface area contributed by atoms with E-state index < -0.39 is 17.2 Å². The monoisotopic (exact) mass is 430 g/mol. The molecule has 1 amide bonds. The van der Waals surface area contributed by atoms with Crippen molar-refractivity contribution in [3.63, 3.8) is 0 Å². The second kappa shape index (κ2) is 9.30. The number of pyridine rings is 1. The number of aromatic nitrogens is 3. The molecule has 2 aromatic heterocycles. The minimum Gasteiger partial charge on any atom is -0.492 e. The molecule has 0 aliphatic heterocycles. The van der Waals surface area contributed by atoms with Crippen LogP contribution in [0, 0.1) is 0 Å².